The minimum absolute atomic E-state index is 0.101. The van der Waals surface area contributed by atoms with Crippen LogP contribution in [0.2, 0.25) is 0 Å². The molecule has 2 atom stereocenters. The molecule has 0 amide bonds. The van der Waals surface area contributed by atoms with E-state index in [0.29, 0.717) is 12.6 Å². The molecule has 5 nitrogen and oxygen atoms in total. The second-order valence-corrected chi connectivity index (χ2v) is 6.11. The molecule has 2 rings (SSSR count). The number of aromatic amines is 1. The second kappa shape index (κ2) is 7.14. The molecule has 1 fully saturated rings. The molecular formula is C13H24N4OS. The highest BCUT2D eigenvalue weighted by Gasteiger charge is 2.26. The summed E-state index contributed by atoms with van der Waals surface area (Å²) >= 11 is 1.69. The van der Waals surface area contributed by atoms with E-state index in [1.165, 1.54) is 25.7 Å². The van der Waals surface area contributed by atoms with Gasteiger partial charge in [0.1, 0.15) is 0 Å². The van der Waals surface area contributed by atoms with Crippen molar-refractivity contribution in [2.45, 2.75) is 57.3 Å². The summed E-state index contributed by atoms with van der Waals surface area (Å²) < 4.78 is 1.70. The number of nitrogens with zero attached hydrogens (tertiary/aromatic N) is 2. The average Bonchev–Trinajstić information content (AvgIpc) is 2.98. The summed E-state index contributed by atoms with van der Waals surface area (Å²) in [6.45, 7) is 5.89. The van der Waals surface area contributed by atoms with Gasteiger partial charge in [-0.05, 0) is 38.6 Å². The lowest BCUT2D eigenvalue weighted by molar-refractivity contribution is 0.400. The zero-order valence-corrected chi connectivity index (χ0v) is 12.6. The number of rotatable bonds is 7. The first kappa shape index (κ1) is 14.7. The summed E-state index contributed by atoms with van der Waals surface area (Å²) in [5.74, 6) is 1.82. The second-order valence-electron chi connectivity index (χ2n) is 5.05. The standard InChI is InChI=1S/C13H24N4OS/c1-3-14-11-7-5-6-10(11)8-9-19-13-16-15-12(18)17(13)4-2/h10-11,14H,3-9H2,1-2H3,(H,15,18). The molecule has 0 radical (unpaired) electrons. The van der Waals surface area contributed by atoms with E-state index in [0.717, 1.165) is 23.4 Å². The summed E-state index contributed by atoms with van der Waals surface area (Å²) in [4.78, 5) is 11.4. The molecule has 1 aromatic rings. The normalized spacial score (nSPS) is 23.1. The number of thioether (sulfide) groups is 1. The summed E-state index contributed by atoms with van der Waals surface area (Å²) in [7, 11) is 0. The van der Waals surface area contributed by atoms with Gasteiger partial charge in [0.15, 0.2) is 5.16 Å². The molecule has 0 aromatic carbocycles. The molecule has 0 aliphatic heterocycles. The number of nitrogens with one attached hydrogen (secondary N) is 2. The van der Waals surface area contributed by atoms with Gasteiger partial charge >= 0.3 is 5.69 Å². The van der Waals surface area contributed by atoms with Crippen molar-refractivity contribution in [3.05, 3.63) is 10.5 Å². The van der Waals surface area contributed by atoms with E-state index in [1.807, 2.05) is 6.92 Å². The van der Waals surface area contributed by atoms with Gasteiger partial charge < -0.3 is 5.32 Å². The summed E-state index contributed by atoms with van der Waals surface area (Å²) in [6.07, 6.45) is 5.19. The zero-order chi connectivity index (χ0) is 13.7. The SMILES string of the molecule is CCNC1CCCC1CCSc1n[nH]c(=O)n1CC. The Bertz CT molecular complexity index is 442. The van der Waals surface area contributed by atoms with Crippen LogP contribution in [-0.4, -0.2) is 33.1 Å². The van der Waals surface area contributed by atoms with Crippen LogP contribution in [-0.2, 0) is 6.54 Å². The third-order valence-electron chi connectivity index (χ3n) is 3.88. The molecule has 2 N–H and O–H groups in total. The highest BCUT2D eigenvalue weighted by atomic mass is 32.2. The molecule has 1 saturated carbocycles. The largest absolute Gasteiger partial charge is 0.343 e. The van der Waals surface area contributed by atoms with E-state index < -0.39 is 0 Å². The van der Waals surface area contributed by atoms with E-state index in [1.54, 1.807) is 16.3 Å². The zero-order valence-electron chi connectivity index (χ0n) is 11.8. The lowest BCUT2D eigenvalue weighted by Crippen LogP contribution is -2.32. The van der Waals surface area contributed by atoms with Gasteiger partial charge in [0, 0.05) is 18.3 Å². The van der Waals surface area contributed by atoms with Gasteiger partial charge in [-0.3, -0.25) is 4.57 Å². The van der Waals surface area contributed by atoms with Crippen LogP contribution in [0.5, 0.6) is 0 Å². The molecule has 1 aliphatic rings. The first-order valence-electron chi connectivity index (χ1n) is 7.27. The van der Waals surface area contributed by atoms with Crippen LogP contribution in [0.25, 0.3) is 0 Å². The Morgan fingerprint density at radius 1 is 1.47 bits per heavy atom. The minimum atomic E-state index is -0.101. The Morgan fingerprint density at radius 2 is 2.32 bits per heavy atom. The molecule has 2 unspecified atom stereocenters. The molecule has 6 heteroatoms. The van der Waals surface area contributed by atoms with Gasteiger partial charge in [0.05, 0.1) is 0 Å². The first-order chi connectivity index (χ1) is 9.26. The van der Waals surface area contributed by atoms with Crippen LogP contribution in [0.1, 0.15) is 39.5 Å². The van der Waals surface area contributed by atoms with Crippen molar-refractivity contribution in [2.75, 3.05) is 12.3 Å². The van der Waals surface area contributed by atoms with Crippen LogP contribution in [0.4, 0.5) is 0 Å². The van der Waals surface area contributed by atoms with Crippen molar-refractivity contribution in [1.29, 1.82) is 0 Å². The number of aromatic nitrogens is 3. The van der Waals surface area contributed by atoms with E-state index >= 15 is 0 Å². The van der Waals surface area contributed by atoms with Crippen molar-refractivity contribution in [2.24, 2.45) is 5.92 Å². The maximum atomic E-state index is 11.4. The van der Waals surface area contributed by atoms with E-state index in [4.69, 9.17) is 0 Å². The highest BCUT2D eigenvalue weighted by molar-refractivity contribution is 7.99. The molecule has 108 valence electrons. The fourth-order valence-corrected chi connectivity index (χ4v) is 3.99. The third kappa shape index (κ3) is 3.63. The van der Waals surface area contributed by atoms with Gasteiger partial charge in [-0.1, -0.05) is 25.1 Å². The highest BCUT2D eigenvalue weighted by Crippen LogP contribution is 2.30. The van der Waals surface area contributed by atoms with E-state index in [2.05, 4.69) is 22.4 Å². The molecular weight excluding hydrogens is 260 g/mol. The molecule has 1 aliphatic carbocycles. The van der Waals surface area contributed by atoms with Crippen LogP contribution in [0, 0.1) is 5.92 Å². The number of H-pyrrole nitrogens is 1. The fraction of sp³-hybridized carbons (Fsp3) is 0.846. The van der Waals surface area contributed by atoms with Crippen molar-refractivity contribution >= 4 is 11.8 Å². The summed E-state index contributed by atoms with van der Waals surface area (Å²) in [6, 6.07) is 0.693. The molecule has 19 heavy (non-hydrogen) atoms. The fourth-order valence-electron chi connectivity index (χ4n) is 2.91. The van der Waals surface area contributed by atoms with Gasteiger partial charge in [0.25, 0.3) is 0 Å². The summed E-state index contributed by atoms with van der Waals surface area (Å²) in [5, 5.41) is 11.0. The minimum Gasteiger partial charge on any atom is -0.314 e. The van der Waals surface area contributed by atoms with Crippen molar-refractivity contribution in [3.8, 4) is 0 Å². The van der Waals surface area contributed by atoms with Crippen LogP contribution in [0.3, 0.4) is 0 Å². The smallest absolute Gasteiger partial charge is 0.314 e. The van der Waals surface area contributed by atoms with Crippen molar-refractivity contribution in [3.63, 3.8) is 0 Å². The predicted octanol–water partition coefficient (Wildman–Crippen LogP) is 1.85. The quantitative estimate of drug-likeness (QED) is 0.750. The maximum Gasteiger partial charge on any atom is 0.343 e. The monoisotopic (exact) mass is 284 g/mol. The topological polar surface area (TPSA) is 62.7 Å². The number of hydrogen-bond acceptors (Lipinski definition) is 4. The molecule has 0 bridgehead atoms. The Morgan fingerprint density at radius 3 is 3.05 bits per heavy atom. The van der Waals surface area contributed by atoms with Gasteiger partial charge in [-0.25, -0.2) is 9.89 Å². The van der Waals surface area contributed by atoms with Gasteiger partial charge in [-0.2, -0.15) is 0 Å². The average molecular weight is 284 g/mol. The Labute approximate surface area is 118 Å². The maximum absolute atomic E-state index is 11.4. The predicted molar refractivity (Wildman–Crippen MR) is 78.7 cm³/mol. The summed E-state index contributed by atoms with van der Waals surface area (Å²) in [5.41, 5.74) is -0.101. The first-order valence-corrected chi connectivity index (χ1v) is 8.26. The van der Waals surface area contributed by atoms with Gasteiger partial charge in [-0.15, -0.1) is 5.10 Å². The molecule has 1 heterocycles. The lowest BCUT2D eigenvalue weighted by Gasteiger charge is -2.19. The van der Waals surface area contributed by atoms with Crippen molar-refractivity contribution < 1.29 is 0 Å². The molecule has 1 aromatic heterocycles. The van der Waals surface area contributed by atoms with Gasteiger partial charge in [0.2, 0.25) is 0 Å². The Kier molecular flexibility index (Phi) is 5.51. The van der Waals surface area contributed by atoms with Crippen LogP contribution >= 0.6 is 11.8 Å². The Balaban J connectivity index is 1.81. The molecule has 0 spiro atoms. The van der Waals surface area contributed by atoms with E-state index in [9.17, 15) is 4.79 Å². The van der Waals surface area contributed by atoms with E-state index in [-0.39, 0.29) is 5.69 Å². The van der Waals surface area contributed by atoms with Crippen LogP contribution < -0.4 is 11.0 Å². The molecule has 0 saturated heterocycles. The van der Waals surface area contributed by atoms with Crippen molar-refractivity contribution in [1.82, 2.24) is 20.1 Å². The Hall–Kier alpha value is -0.750. The third-order valence-corrected chi connectivity index (χ3v) is 4.89. The number of hydrogen-bond donors (Lipinski definition) is 2. The lowest BCUT2D eigenvalue weighted by atomic mass is 10.0. The van der Waals surface area contributed by atoms with Crippen LogP contribution in [0.15, 0.2) is 9.95 Å².